The molecule has 0 fully saturated rings. The second kappa shape index (κ2) is 6.99. The van der Waals surface area contributed by atoms with Crippen LogP contribution in [0.1, 0.15) is 15.9 Å². The van der Waals surface area contributed by atoms with E-state index in [1.807, 2.05) is 0 Å². The molecule has 0 bridgehead atoms. The highest BCUT2D eigenvalue weighted by molar-refractivity contribution is 6.02. The summed E-state index contributed by atoms with van der Waals surface area (Å²) >= 11 is 0. The predicted octanol–water partition coefficient (Wildman–Crippen LogP) is 1.12. The molecule has 0 aliphatic heterocycles. The molecule has 0 saturated heterocycles. The standard InChI is InChI=1S/C16H12N2O5/c19-15(12-7-4-8-13(10-12)18(22)23)17-14(16(20)21)9-11-5-2-1-3-6-11/h1-10H,(H,17,19)(H,20,21)/p-1/b14-9-. The van der Waals surface area contributed by atoms with E-state index in [0.717, 1.165) is 6.07 Å². The van der Waals surface area contributed by atoms with Crippen LogP contribution in [-0.2, 0) is 4.79 Å². The Morgan fingerprint density at radius 2 is 1.74 bits per heavy atom. The number of nitro benzene ring substituents is 1. The number of nitrogens with zero attached hydrogens (tertiary/aromatic N) is 1. The van der Waals surface area contributed by atoms with Gasteiger partial charge in [0.05, 0.1) is 16.6 Å². The van der Waals surface area contributed by atoms with Crippen molar-refractivity contribution in [2.45, 2.75) is 0 Å². The lowest BCUT2D eigenvalue weighted by atomic mass is 10.1. The van der Waals surface area contributed by atoms with Crippen LogP contribution in [0.5, 0.6) is 0 Å². The maximum atomic E-state index is 12.1. The zero-order valence-electron chi connectivity index (χ0n) is 11.8. The molecule has 0 atom stereocenters. The van der Waals surface area contributed by atoms with Gasteiger partial charge in [-0.25, -0.2) is 0 Å². The second-order valence-corrected chi connectivity index (χ2v) is 4.52. The minimum Gasteiger partial charge on any atom is -0.543 e. The molecule has 7 heteroatoms. The van der Waals surface area contributed by atoms with Crippen LogP contribution in [0.2, 0.25) is 0 Å². The molecule has 0 aliphatic carbocycles. The van der Waals surface area contributed by atoms with Gasteiger partial charge in [-0.2, -0.15) is 0 Å². The highest BCUT2D eigenvalue weighted by Gasteiger charge is 2.13. The molecular weight excluding hydrogens is 300 g/mol. The van der Waals surface area contributed by atoms with Gasteiger partial charge in [0.1, 0.15) is 0 Å². The molecule has 0 radical (unpaired) electrons. The van der Waals surface area contributed by atoms with Crippen LogP contribution in [0.3, 0.4) is 0 Å². The van der Waals surface area contributed by atoms with Crippen LogP contribution in [0, 0.1) is 10.1 Å². The normalized spacial score (nSPS) is 10.9. The predicted molar refractivity (Wildman–Crippen MR) is 80.0 cm³/mol. The Morgan fingerprint density at radius 1 is 1.04 bits per heavy atom. The minimum absolute atomic E-state index is 0.0283. The Kier molecular flexibility index (Phi) is 4.83. The number of carbonyl (C=O) groups is 2. The molecule has 0 unspecified atom stereocenters. The summed E-state index contributed by atoms with van der Waals surface area (Å²) in [5.41, 5.74) is -0.169. The van der Waals surface area contributed by atoms with Crippen molar-refractivity contribution >= 4 is 23.6 Å². The molecule has 2 aromatic carbocycles. The molecular formula is C16H11N2O5-. The van der Waals surface area contributed by atoms with E-state index in [-0.39, 0.29) is 11.3 Å². The van der Waals surface area contributed by atoms with Crippen LogP contribution >= 0.6 is 0 Å². The Hall–Kier alpha value is -3.48. The van der Waals surface area contributed by atoms with Crippen molar-refractivity contribution in [1.82, 2.24) is 5.32 Å². The first-order valence-electron chi connectivity index (χ1n) is 6.51. The van der Waals surface area contributed by atoms with Gasteiger partial charge in [0, 0.05) is 17.7 Å². The number of rotatable bonds is 5. The van der Waals surface area contributed by atoms with Crippen LogP contribution < -0.4 is 10.4 Å². The van der Waals surface area contributed by atoms with Crippen molar-refractivity contribution in [3.05, 3.63) is 81.5 Å². The molecule has 1 amide bonds. The highest BCUT2D eigenvalue weighted by Crippen LogP contribution is 2.13. The molecule has 0 spiro atoms. The zero-order chi connectivity index (χ0) is 16.8. The SMILES string of the molecule is O=C([O-])/C(=C/c1ccccc1)NC(=O)c1cccc([N+](=O)[O-])c1. The van der Waals surface area contributed by atoms with Crippen LogP contribution in [0.25, 0.3) is 6.08 Å². The molecule has 0 heterocycles. The maximum absolute atomic E-state index is 12.1. The summed E-state index contributed by atoms with van der Waals surface area (Å²) in [7, 11) is 0. The Bertz CT molecular complexity index is 784. The van der Waals surface area contributed by atoms with Crippen molar-refractivity contribution in [2.75, 3.05) is 0 Å². The number of nitrogens with one attached hydrogen (secondary N) is 1. The topological polar surface area (TPSA) is 112 Å². The largest absolute Gasteiger partial charge is 0.543 e. The summed E-state index contributed by atoms with van der Waals surface area (Å²) in [6.07, 6.45) is 1.24. The van der Waals surface area contributed by atoms with E-state index in [0.29, 0.717) is 5.56 Å². The third-order valence-electron chi connectivity index (χ3n) is 2.90. The molecule has 0 aromatic heterocycles. The number of non-ortho nitro benzene ring substituents is 1. The lowest BCUT2D eigenvalue weighted by Crippen LogP contribution is -2.35. The fraction of sp³-hybridized carbons (Fsp3) is 0. The van der Waals surface area contributed by atoms with Crippen LogP contribution in [0.4, 0.5) is 5.69 Å². The lowest BCUT2D eigenvalue weighted by Gasteiger charge is -2.11. The molecule has 116 valence electrons. The molecule has 0 aliphatic rings. The average molecular weight is 311 g/mol. The summed E-state index contributed by atoms with van der Waals surface area (Å²) < 4.78 is 0. The van der Waals surface area contributed by atoms with Crippen molar-refractivity contribution in [3.63, 3.8) is 0 Å². The third-order valence-corrected chi connectivity index (χ3v) is 2.90. The van der Waals surface area contributed by atoms with Gasteiger partial charge in [-0.05, 0) is 17.7 Å². The number of aliphatic carboxylic acids is 1. The average Bonchev–Trinajstić information content (AvgIpc) is 2.55. The molecule has 23 heavy (non-hydrogen) atoms. The first-order chi connectivity index (χ1) is 11.0. The number of nitro groups is 1. The van der Waals surface area contributed by atoms with Gasteiger partial charge >= 0.3 is 0 Å². The maximum Gasteiger partial charge on any atom is 0.270 e. The molecule has 0 saturated carbocycles. The summed E-state index contributed by atoms with van der Waals surface area (Å²) in [6, 6.07) is 13.5. The fourth-order valence-corrected chi connectivity index (χ4v) is 1.82. The van der Waals surface area contributed by atoms with Crippen molar-refractivity contribution in [1.29, 1.82) is 0 Å². The van der Waals surface area contributed by atoms with Crippen LogP contribution in [-0.4, -0.2) is 16.8 Å². The molecule has 2 rings (SSSR count). The van der Waals surface area contributed by atoms with Gasteiger partial charge in [-0.3, -0.25) is 14.9 Å². The Labute approximate surface area is 131 Å². The molecule has 1 N–H and O–H groups in total. The zero-order valence-corrected chi connectivity index (χ0v) is 11.8. The number of carbonyl (C=O) groups excluding carboxylic acids is 2. The highest BCUT2D eigenvalue weighted by atomic mass is 16.6. The Morgan fingerprint density at radius 3 is 2.35 bits per heavy atom. The van der Waals surface area contributed by atoms with Gasteiger partial charge in [0.15, 0.2) is 0 Å². The van der Waals surface area contributed by atoms with Gasteiger partial charge in [-0.15, -0.1) is 0 Å². The minimum atomic E-state index is -1.56. The fourth-order valence-electron chi connectivity index (χ4n) is 1.82. The van der Waals surface area contributed by atoms with E-state index < -0.39 is 22.5 Å². The van der Waals surface area contributed by atoms with E-state index in [1.54, 1.807) is 30.3 Å². The van der Waals surface area contributed by atoms with E-state index in [9.17, 15) is 24.8 Å². The first kappa shape index (κ1) is 15.9. The molecule has 2 aromatic rings. The van der Waals surface area contributed by atoms with Crippen molar-refractivity contribution < 1.29 is 19.6 Å². The summed E-state index contributed by atoms with van der Waals surface area (Å²) in [5, 5.41) is 24.0. The quantitative estimate of drug-likeness (QED) is 0.505. The van der Waals surface area contributed by atoms with Crippen molar-refractivity contribution in [3.8, 4) is 0 Å². The second-order valence-electron chi connectivity index (χ2n) is 4.52. The van der Waals surface area contributed by atoms with E-state index in [1.165, 1.54) is 24.3 Å². The lowest BCUT2D eigenvalue weighted by molar-refractivity contribution is -0.384. The summed E-state index contributed by atoms with van der Waals surface area (Å²) in [5.74, 6) is -2.34. The van der Waals surface area contributed by atoms with Crippen LogP contribution in [0.15, 0.2) is 60.3 Å². The number of benzene rings is 2. The van der Waals surface area contributed by atoms with E-state index >= 15 is 0 Å². The first-order valence-corrected chi connectivity index (χ1v) is 6.51. The van der Waals surface area contributed by atoms with E-state index in [4.69, 9.17) is 0 Å². The monoisotopic (exact) mass is 311 g/mol. The number of hydrogen-bond donors (Lipinski definition) is 1. The summed E-state index contributed by atoms with van der Waals surface area (Å²) in [4.78, 5) is 33.3. The van der Waals surface area contributed by atoms with Crippen molar-refractivity contribution in [2.24, 2.45) is 0 Å². The van der Waals surface area contributed by atoms with Gasteiger partial charge in [0.25, 0.3) is 11.6 Å². The number of carboxylic acid groups (broad SMARTS) is 1. The summed E-state index contributed by atoms with van der Waals surface area (Å²) in [6.45, 7) is 0. The third kappa shape index (κ3) is 4.24. The number of carboxylic acids is 1. The number of hydrogen-bond acceptors (Lipinski definition) is 5. The Balaban J connectivity index is 2.25. The van der Waals surface area contributed by atoms with Gasteiger partial charge in [0.2, 0.25) is 0 Å². The number of amides is 1. The van der Waals surface area contributed by atoms with Gasteiger partial charge in [-0.1, -0.05) is 36.4 Å². The molecule has 7 nitrogen and oxygen atoms in total. The van der Waals surface area contributed by atoms with Gasteiger partial charge < -0.3 is 15.2 Å². The van der Waals surface area contributed by atoms with E-state index in [2.05, 4.69) is 5.32 Å². The smallest absolute Gasteiger partial charge is 0.270 e.